The molecule has 2 unspecified atom stereocenters. The first-order valence-corrected chi connectivity index (χ1v) is 13.3. The number of alkyl halides is 3. The minimum atomic E-state index is -4.60. The first-order valence-electron chi connectivity index (χ1n) is 13.3. The van der Waals surface area contributed by atoms with Crippen LogP contribution in [-0.2, 0) is 17.5 Å². The van der Waals surface area contributed by atoms with Gasteiger partial charge in [0.25, 0.3) is 0 Å². The van der Waals surface area contributed by atoms with Gasteiger partial charge in [0.2, 0.25) is 11.8 Å². The number of nitrogens with one attached hydrogen (secondary N) is 2. The molecule has 2 heterocycles. The largest absolute Gasteiger partial charge is 0.488 e. The van der Waals surface area contributed by atoms with Crippen molar-refractivity contribution < 1.29 is 27.1 Å². The van der Waals surface area contributed by atoms with Crippen LogP contribution in [0, 0.1) is 5.92 Å². The van der Waals surface area contributed by atoms with Crippen LogP contribution in [-0.4, -0.2) is 34.6 Å². The third-order valence-corrected chi connectivity index (χ3v) is 6.43. The zero-order valence-electron chi connectivity index (χ0n) is 23.3. The number of hydrogen-bond donors (Lipinski definition) is 3. The number of nitrogens with zero attached hydrogens (tertiary/aromatic N) is 2. The van der Waals surface area contributed by atoms with E-state index in [1.54, 1.807) is 19.1 Å². The number of halogens is 3. The minimum Gasteiger partial charge on any atom is -0.488 e. The summed E-state index contributed by atoms with van der Waals surface area (Å²) in [5.74, 6) is 0.814. The topological polar surface area (TPSA) is 115 Å². The monoisotopic (exact) mass is 549 g/mol. The number of carbonyl (C=O) groups is 1. The van der Waals surface area contributed by atoms with Crippen molar-refractivity contribution in [3.05, 3.63) is 41.4 Å². The Labute approximate surface area is 226 Å². The number of benzene rings is 1. The minimum absolute atomic E-state index is 0.0152. The Balaban J connectivity index is 1.96. The quantitative estimate of drug-likeness (QED) is 0.264. The molecule has 0 aliphatic carbocycles. The summed E-state index contributed by atoms with van der Waals surface area (Å²) in [5, 5.41) is 6.73. The summed E-state index contributed by atoms with van der Waals surface area (Å²) in [4.78, 5) is 20.6. The lowest BCUT2D eigenvalue weighted by atomic mass is 10.1. The van der Waals surface area contributed by atoms with E-state index in [0.29, 0.717) is 41.9 Å². The van der Waals surface area contributed by atoms with E-state index in [0.717, 1.165) is 12.5 Å². The molecule has 4 N–H and O–H groups in total. The van der Waals surface area contributed by atoms with Crippen molar-refractivity contribution in [1.82, 2.24) is 20.6 Å². The summed E-state index contributed by atoms with van der Waals surface area (Å²) in [7, 11) is 0. The average Bonchev–Trinajstić information content (AvgIpc) is 3.31. The van der Waals surface area contributed by atoms with Crippen LogP contribution in [0.3, 0.4) is 0 Å². The number of rotatable bonds is 12. The second-order valence-electron chi connectivity index (χ2n) is 10.1. The fourth-order valence-corrected chi connectivity index (χ4v) is 3.92. The van der Waals surface area contributed by atoms with Crippen molar-refractivity contribution in [1.29, 1.82) is 0 Å². The summed E-state index contributed by atoms with van der Waals surface area (Å²) < 4.78 is 52.4. The van der Waals surface area contributed by atoms with E-state index >= 15 is 0 Å². The van der Waals surface area contributed by atoms with E-state index in [2.05, 4.69) is 20.6 Å². The number of aromatic nitrogens is 2. The Morgan fingerprint density at radius 3 is 2.38 bits per heavy atom. The molecule has 2 aromatic heterocycles. The highest BCUT2D eigenvalue weighted by atomic mass is 19.4. The van der Waals surface area contributed by atoms with Gasteiger partial charge in [-0.1, -0.05) is 27.7 Å². The summed E-state index contributed by atoms with van der Waals surface area (Å²) in [6, 6.07) is 5.07. The molecule has 8 nitrogen and oxygen atoms in total. The van der Waals surface area contributed by atoms with Crippen LogP contribution in [0.2, 0.25) is 0 Å². The molecule has 1 amide bonds. The second kappa shape index (κ2) is 12.8. The lowest BCUT2D eigenvalue weighted by Gasteiger charge is -2.19. The molecule has 0 bridgehead atoms. The molecule has 3 atom stereocenters. The van der Waals surface area contributed by atoms with Gasteiger partial charge in [-0.2, -0.15) is 13.2 Å². The van der Waals surface area contributed by atoms with Gasteiger partial charge in [0, 0.05) is 36.0 Å². The summed E-state index contributed by atoms with van der Waals surface area (Å²) in [6.45, 7) is 12.1. The van der Waals surface area contributed by atoms with Crippen molar-refractivity contribution in [2.45, 2.75) is 85.3 Å². The molecule has 3 aromatic rings. The first kappa shape index (κ1) is 30.4. The molecule has 0 aliphatic rings. The van der Waals surface area contributed by atoms with Gasteiger partial charge in [0.1, 0.15) is 22.7 Å². The Morgan fingerprint density at radius 1 is 1.08 bits per heavy atom. The second-order valence-corrected chi connectivity index (χ2v) is 10.1. The van der Waals surface area contributed by atoms with Crippen LogP contribution in [0.5, 0.6) is 5.75 Å². The maximum absolute atomic E-state index is 13.5. The number of ether oxygens (including phenoxy) is 1. The molecular weight excluding hydrogens is 511 g/mol. The van der Waals surface area contributed by atoms with E-state index in [1.807, 2.05) is 34.6 Å². The maximum atomic E-state index is 13.5. The van der Waals surface area contributed by atoms with Crippen LogP contribution in [0.1, 0.15) is 77.6 Å². The van der Waals surface area contributed by atoms with Crippen molar-refractivity contribution in [2.24, 2.45) is 11.7 Å². The van der Waals surface area contributed by atoms with Crippen LogP contribution >= 0.6 is 0 Å². The van der Waals surface area contributed by atoms with Crippen molar-refractivity contribution in [2.75, 3.05) is 6.54 Å². The predicted octanol–water partition coefficient (Wildman–Crippen LogP) is 5.75. The van der Waals surface area contributed by atoms with E-state index in [1.165, 1.54) is 6.07 Å². The molecule has 1 aromatic carbocycles. The maximum Gasteiger partial charge on any atom is 0.433 e. The number of fused-ring (bicyclic) bond motifs is 1. The van der Waals surface area contributed by atoms with Gasteiger partial charge in [-0.3, -0.25) is 4.79 Å². The number of oxazole rings is 1. The molecule has 214 valence electrons. The third kappa shape index (κ3) is 7.48. The fraction of sp³-hybridized carbons (Fsp3) is 0.536. The summed E-state index contributed by atoms with van der Waals surface area (Å²) in [5.41, 5.74) is 6.29. The molecular formula is C28H38F3N5O3. The molecule has 39 heavy (non-hydrogen) atoms. The highest BCUT2D eigenvalue weighted by Crippen LogP contribution is 2.38. The number of hydrogen-bond acceptors (Lipinski definition) is 7. The normalized spacial score (nSPS) is 14.4. The molecule has 0 fully saturated rings. The van der Waals surface area contributed by atoms with Crippen LogP contribution in [0.15, 0.2) is 28.7 Å². The van der Waals surface area contributed by atoms with Gasteiger partial charge in [0.05, 0.1) is 17.8 Å². The molecule has 0 saturated carbocycles. The summed E-state index contributed by atoms with van der Waals surface area (Å²) >= 11 is 0. The molecule has 0 radical (unpaired) electrons. The summed E-state index contributed by atoms with van der Waals surface area (Å²) in [6.07, 6.45) is -3.39. The lowest BCUT2D eigenvalue weighted by Crippen LogP contribution is -2.43. The van der Waals surface area contributed by atoms with E-state index in [9.17, 15) is 18.0 Å². The molecule has 3 rings (SSSR count). The molecule has 11 heteroatoms. The van der Waals surface area contributed by atoms with Crippen molar-refractivity contribution in [3.63, 3.8) is 0 Å². The zero-order valence-corrected chi connectivity index (χ0v) is 23.3. The standard InChI is InChI=1S/C28H38F3N5O3/c1-7-16(5)38-22-11-9-20(19-10-12-23(28(29,30)31)36-24(19)22)27-35-21(25(39-27)17(6)32)14-33-13-18(8-2)34-26(37)15(3)4/h9-12,15-18,33H,7-8,13-14,32H2,1-6H3,(H,34,37)/t16?,17-,18?/m0/s1. The molecule has 0 spiro atoms. The van der Waals surface area contributed by atoms with Crippen LogP contribution in [0.25, 0.3) is 22.4 Å². The van der Waals surface area contributed by atoms with Crippen LogP contribution < -0.4 is 21.1 Å². The Morgan fingerprint density at radius 2 is 1.79 bits per heavy atom. The van der Waals surface area contributed by atoms with Crippen LogP contribution in [0.4, 0.5) is 13.2 Å². The van der Waals surface area contributed by atoms with Gasteiger partial charge in [-0.25, -0.2) is 9.97 Å². The molecule has 0 aliphatic heterocycles. The number of amides is 1. The number of nitrogens with two attached hydrogens (primary N) is 1. The predicted molar refractivity (Wildman–Crippen MR) is 144 cm³/mol. The first-order chi connectivity index (χ1) is 18.3. The third-order valence-electron chi connectivity index (χ3n) is 6.43. The van der Waals surface area contributed by atoms with Gasteiger partial charge in [-0.05, 0) is 51.0 Å². The van der Waals surface area contributed by atoms with Gasteiger partial charge < -0.3 is 25.5 Å². The SMILES string of the molecule is CCC(CNCc1nc(-c2ccc(OC(C)CC)c3nc(C(F)(F)F)ccc23)oc1[C@H](C)N)NC(=O)C(C)C. The van der Waals surface area contributed by atoms with Gasteiger partial charge in [0.15, 0.2) is 0 Å². The zero-order chi connectivity index (χ0) is 28.9. The fourth-order valence-electron chi connectivity index (χ4n) is 3.92. The van der Waals surface area contributed by atoms with Gasteiger partial charge in [-0.15, -0.1) is 0 Å². The average molecular weight is 550 g/mol. The molecule has 0 saturated heterocycles. The van der Waals surface area contributed by atoms with Crippen molar-refractivity contribution in [3.8, 4) is 17.2 Å². The number of pyridine rings is 1. The van der Waals surface area contributed by atoms with E-state index in [-0.39, 0.29) is 41.1 Å². The van der Waals surface area contributed by atoms with Gasteiger partial charge >= 0.3 is 6.18 Å². The highest BCUT2D eigenvalue weighted by Gasteiger charge is 2.33. The van der Waals surface area contributed by atoms with Crippen molar-refractivity contribution >= 4 is 16.8 Å². The van der Waals surface area contributed by atoms with E-state index < -0.39 is 17.9 Å². The Bertz CT molecular complexity index is 1270. The lowest BCUT2D eigenvalue weighted by molar-refractivity contribution is -0.141. The highest BCUT2D eigenvalue weighted by molar-refractivity contribution is 5.96. The Hall–Kier alpha value is -3.18. The number of carbonyl (C=O) groups excluding carboxylic acids is 1. The smallest absolute Gasteiger partial charge is 0.433 e. The van der Waals surface area contributed by atoms with E-state index in [4.69, 9.17) is 14.9 Å². The Kier molecular flexibility index (Phi) is 9.95.